The van der Waals surface area contributed by atoms with E-state index in [0.29, 0.717) is 5.39 Å². The summed E-state index contributed by atoms with van der Waals surface area (Å²) in [5, 5.41) is 5.17. The molecule has 0 fully saturated rings. The molecule has 0 aliphatic heterocycles. The summed E-state index contributed by atoms with van der Waals surface area (Å²) in [6, 6.07) is 11.4. The average Bonchev–Trinajstić information content (AvgIpc) is 2.45. The van der Waals surface area contributed by atoms with Crippen LogP contribution in [0.5, 0.6) is 0 Å². The van der Waals surface area contributed by atoms with Crippen LogP contribution in [0.2, 0.25) is 0 Å². The van der Waals surface area contributed by atoms with Gasteiger partial charge in [-0.15, -0.1) is 6.58 Å². The molecule has 0 radical (unpaired) electrons. The summed E-state index contributed by atoms with van der Waals surface area (Å²) < 4.78 is 13.8. The molecule has 19 heavy (non-hydrogen) atoms. The third-order valence-electron chi connectivity index (χ3n) is 3.39. The summed E-state index contributed by atoms with van der Waals surface area (Å²) >= 11 is 0. The number of hydrogen-bond acceptors (Lipinski definition) is 1. The Morgan fingerprint density at radius 1 is 1.21 bits per heavy atom. The molecule has 1 atom stereocenters. The second kappa shape index (κ2) is 6.48. The van der Waals surface area contributed by atoms with Gasteiger partial charge in [-0.1, -0.05) is 43.3 Å². The predicted octanol–water partition coefficient (Wildman–Crippen LogP) is 4.60. The van der Waals surface area contributed by atoms with E-state index in [1.807, 2.05) is 36.4 Å². The van der Waals surface area contributed by atoms with Gasteiger partial charge >= 0.3 is 0 Å². The van der Waals surface area contributed by atoms with Crippen molar-refractivity contribution in [1.29, 1.82) is 0 Å². The highest BCUT2D eigenvalue weighted by Gasteiger charge is 2.14. The molecule has 0 amide bonds. The van der Waals surface area contributed by atoms with E-state index in [1.54, 1.807) is 6.07 Å². The second-order valence-corrected chi connectivity index (χ2v) is 4.66. The van der Waals surface area contributed by atoms with Crippen molar-refractivity contribution >= 4 is 10.8 Å². The zero-order valence-corrected chi connectivity index (χ0v) is 11.3. The van der Waals surface area contributed by atoms with Crippen molar-refractivity contribution in [3.8, 4) is 0 Å². The van der Waals surface area contributed by atoms with Crippen LogP contribution in [-0.2, 0) is 0 Å². The molecule has 1 unspecified atom stereocenters. The van der Waals surface area contributed by atoms with Crippen molar-refractivity contribution in [2.75, 3.05) is 6.54 Å². The third kappa shape index (κ3) is 3.02. The van der Waals surface area contributed by atoms with Crippen LogP contribution in [-0.4, -0.2) is 6.54 Å². The van der Waals surface area contributed by atoms with E-state index in [4.69, 9.17) is 0 Å². The van der Waals surface area contributed by atoms with Crippen LogP contribution in [0, 0.1) is 5.82 Å². The van der Waals surface area contributed by atoms with E-state index in [1.165, 1.54) is 5.56 Å². The van der Waals surface area contributed by atoms with Gasteiger partial charge in [0.05, 0.1) is 0 Å². The lowest BCUT2D eigenvalue weighted by Gasteiger charge is -2.20. The first-order valence-corrected chi connectivity index (χ1v) is 6.79. The summed E-state index contributed by atoms with van der Waals surface area (Å²) in [4.78, 5) is 0. The minimum atomic E-state index is -0.154. The Balaban J connectivity index is 2.46. The maximum atomic E-state index is 13.8. The minimum Gasteiger partial charge on any atom is -0.310 e. The normalized spacial score (nSPS) is 12.5. The van der Waals surface area contributed by atoms with Gasteiger partial charge in [0.1, 0.15) is 5.82 Å². The summed E-state index contributed by atoms with van der Waals surface area (Å²) in [6.07, 6.45) is 3.85. The zero-order chi connectivity index (χ0) is 13.7. The molecule has 1 nitrogen and oxygen atoms in total. The monoisotopic (exact) mass is 257 g/mol. The number of nitrogens with one attached hydrogen (secondary N) is 1. The van der Waals surface area contributed by atoms with Crippen molar-refractivity contribution < 1.29 is 4.39 Å². The van der Waals surface area contributed by atoms with Crippen LogP contribution < -0.4 is 5.32 Å². The molecule has 0 saturated heterocycles. The average molecular weight is 257 g/mol. The van der Waals surface area contributed by atoms with E-state index in [2.05, 4.69) is 18.8 Å². The van der Waals surface area contributed by atoms with Crippen molar-refractivity contribution in [2.45, 2.75) is 25.8 Å². The van der Waals surface area contributed by atoms with Gasteiger partial charge in [-0.2, -0.15) is 0 Å². The molecule has 100 valence electrons. The highest BCUT2D eigenvalue weighted by Crippen LogP contribution is 2.28. The maximum absolute atomic E-state index is 13.8. The number of halogens is 1. The molecule has 0 saturated carbocycles. The first kappa shape index (κ1) is 13.8. The van der Waals surface area contributed by atoms with Crippen LogP contribution in [0.15, 0.2) is 49.1 Å². The van der Waals surface area contributed by atoms with Crippen molar-refractivity contribution in [1.82, 2.24) is 5.32 Å². The number of fused-ring (bicyclic) bond motifs is 1. The van der Waals surface area contributed by atoms with Gasteiger partial charge in [-0.25, -0.2) is 4.39 Å². The topological polar surface area (TPSA) is 12.0 Å². The van der Waals surface area contributed by atoms with Gasteiger partial charge < -0.3 is 5.32 Å². The zero-order valence-electron chi connectivity index (χ0n) is 11.3. The lowest BCUT2D eigenvalue weighted by molar-refractivity contribution is 0.522. The minimum absolute atomic E-state index is 0.154. The summed E-state index contributed by atoms with van der Waals surface area (Å²) in [5.41, 5.74) is 1.17. The van der Waals surface area contributed by atoms with Crippen LogP contribution in [0.4, 0.5) is 4.39 Å². The molecule has 0 spiro atoms. The van der Waals surface area contributed by atoms with Gasteiger partial charge in [0, 0.05) is 11.4 Å². The molecule has 0 bridgehead atoms. The number of allylic oxidation sites excluding steroid dienone is 1. The molecule has 2 heteroatoms. The molecule has 0 aromatic heterocycles. The lowest BCUT2D eigenvalue weighted by Crippen LogP contribution is -2.21. The quantitative estimate of drug-likeness (QED) is 0.746. The number of benzene rings is 2. The fraction of sp³-hybridized carbons (Fsp3) is 0.294. The Kier molecular flexibility index (Phi) is 4.69. The summed E-state index contributed by atoms with van der Waals surface area (Å²) in [6.45, 7) is 6.76. The molecule has 1 N–H and O–H groups in total. The molecule has 2 rings (SSSR count). The first-order valence-electron chi connectivity index (χ1n) is 6.79. The molecular weight excluding hydrogens is 237 g/mol. The first-order chi connectivity index (χ1) is 9.27. The molecule has 0 heterocycles. The Hall–Kier alpha value is -1.67. The van der Waals surface area contributed by atoms with Gasteiger partial charge in [0.2, 0.25) is 0 Å². The number of hydrogen-bond donors (Lipinski definition) is 1. The fourth-order valence-electron chi connectivity index (χ4n) is 2.49. The Morgan fingerprint density at radius 2 is 1.95 bits per heavy atom. The molecule has 2 aromatic rings. The van der Waals surface area contributed by atoms with Crippen molar-refractivity contribution in [3.05, 3.63) is 60.4 Å². The Labute approximate surface area is 114 Å². The van der Waals surface area contributed by atoms with E-state index >= 15 is 0 Å². The number of rotatable bonds is 6. The molecule has 0 aliphatic carbocycles. The van der Waals surface area contributed by atoms with E-state index < -0.39 is 0 Å². The molecule has 2 aromatic carbocycles. The van der Waals surface area contributed by atoms with E-state index in [-0.39, 0.29) is 11.9 Å². The van der Waals surface area contributed by atoms with Gasteiger partial charge in [0.25, 0.3) is 0 Å². The van der Waals surface area contributed by atoms with E-state index in [9.17, 15) is 4.39 Å². The fourth-order valence-corrected chi connectivity index (χ4v) is 2.49. The third-order valence-corrected chi connectivity index (χ3v) is 3.39. The summed E-state index contributed by atoms with van der Waals surface area (Å²) in [7, 11) is 0. The maximum Gasteiger partial charge on any atom is 0.131 e. The van der Waals surface area contributed by atoms with Crippen LogP contribution in [0.1, 0.15) is 31.4 Å². The van der Waals surface area contributed by atoms with E-state index in [0.717, 1.165) is 24.8 Å². The van der Waals surface area contributed by atoms with Crippen LogP contribution in [0.25, 0.3) is 10.8 Å². The highest BCUT2D eigenvalue weighted by atomic mass is 19.1. The van der Waals surface area contributed by atoms with Gasteiger partial charge in [0.15, 0.2) is 0 Å². The molecule has 0 aliphatic rings. The van der Waals surface area contributed by atoms with Crippen molar-refractivity contribution in [2.24, 2.45) is 0 Å². The Bertz CT molecular complexity index is 562. The van der Waals surface area contributed by atoms with Crippen LogP contribution in [0.3, 0.4) is 0 Å². The van der Waals surface area contributed by atoms with Gasteiger partial charge in [-0.05, 0) is 36.4 Å². The standard InChI is InChI=1S/C17H20FN/c1-3-5-10-17(19-4-2)15-11-12-16(18)14-9-7-6-8-13(14)15/h3,6-9,11-12,17,19H,1,4-5,10H2,2H3. The van der Waals surface area contributed by atoms with Crippen molar-refractivity contribution in [3.63, 3.8) is 0 Å². The summed E-state index contributed by atoms with van der Waals surface area (Å²) in [5.74, 6) is -0.154. The highest BCUT2D eigenvalue weighted by molar-refractivity contribution is 5.86. The second-order valence-electron chi connectivity index (χ2n) is 4.66. The smallest absolute Gasteiger partial charge is 0.131 e. The van der Waals surface area contributed by atoms with Gasteiger partial charge in [-0.3, -0.25) is 0 Å². The molecular formula is C17H20FN. The largest absolute Gasteiger partial charge is 0.310 e. The van der Waals surface area contributed by atoms with Crippen LogP contribution >= 0.6 is 0 Å². The Morgan fingerprint density at radius 3 is 2.63 bits per heavy atom. The lowest BCUT2D eigenvalue weighted by atomic mass is 9.95. The SMILES string of the molecule is C=CCCC(NCC)c1ccc(F)c2ccccc12. The predicted molar refractivity (Wildman–Crippen MR) is 79.8 cm³/mol.